The lowest BCUT2D eigenvalue weighted by Gasteiger charge is -2.15. The summed E-state index contributed by atoms with van der Waals surface area (Å²) < 4.78 is 6.16. The summed E-state index contributed by atoms with van der Waals surface area (Å²) in [6.45, 7) is 3.42. The van der Waals surface area contributed by atoms with Crippen LogP contribution < -0.4 is 15.4 Å². The molecule has 0 aliphatic carbocycles. The average Bonchev–Trinajstić information content (AvgIpc) is 2.67. The number of hydrogen-bond donors (Lipinski definition) is 2. The van der Waals surface area contributed by atoms with Crippen LogP contribution >= 0.6 is 24.8 Å². The Hall–Kier alpha value is -1.78. The maximum atomic E-state index is 6.16. The Bertz CT molecular complexity index is 797. The number of nitrogens with one attached hydrogen (secondary N) is 2. The van der Waals surface area contributed by atoms with E-state index in [0.29, 0.717) is 6.61 Å². The molecule has 0 aliphatic heterocycles. The van der Waals surface area contributed by atoms with Crippen molar-refractivity contribution in [1.82, 2.24) is 10.6 Å². The molecule has 0 saturated heterocycles. The highest BCUT2D eigenvalue weighted by atomic mass is 35.5. The van der Waals surface area contributed by atoms with E-state index in [2.05, 4.69) is 59.2 Å². The van der Waals surface area contributed by atoms with Crippen molar-refractivity contribution in [3.63, 3.8) is 0 Å². The molecule has 0 amide bonds. The molecule has 3 nitrogen and oxygen atoms in total. The fraction of sp³-hybridized carbons (Fsp3) is 0.273. The van der Waals surface area contributed by atoms with E-state index in [1.807, 2.05) is 25.2 Å². The molecule has 0 bridgehead atoms. The normalized spacial score (nSPS) is 10.1. The van der Waals surface area contributed by atoms with E-state index in [1.165, 1.54) is 21.9 Å². The van der Waals surface area contributed by atoms with Crippen molar-refractivity contribution in [2.24, 2.45) is 0 Å². The molecule has 3 aromatic rings. The molecule has 0 saturated carbocycles. The molecular weight excluding hydrogens is 379 g/mol. The van der Waals surface area contributed by atoms with E-state index in [0.717, 1.165) is 31.8 Å². The van der Waals surface area contributed by atoms with Crippen molar-refractivity contribution in [2.45, 2.75) is 19.6 Å². The summed E-state index contributed by atoms with van der Waals surface area (Å²) in [7, 11) is 1.99. The Labute approximate surface area is 174 Å². The van der Waals surface area contributed by atoms with E-state index >= 15 is 0 Å². The van der Waals surface area contributed by atoms with Crippen molar-refractivity contribution in [3.05, 3.63) is 77.9 Å². The van der Waals surface area contributed by atoms with Gasteiger partial charge in [-0.1, -0.05) is 60.7 Å². The highest BCUT2D eigenvalue weighted by Gasteiger charge is 2.09. The molecule has 0 radical (unpaired) electrons. The maximum Gasteiger partial charge on any atom is 0.124 e. The van der Waals surface area contributed by atoms with Gasteiger partial charge in [0.15, 0.2) is 0 Å². The van der Waals surface area contributed by atoms with Crippen LogP contribution in [0.4, 0.5) is 0 Å². The van der Waals surface area contributed by atoms with Crippen molar-refractivity contribution in [2.75, 3.05) is 20.1 Å². The van der Waals surface area contributed by atoms with E-state index in [1.54, 1.807) is 0 Å². The van der Waals surface area contributed by atoms with Gasteiger partial charge in [-0.2, -0.15) is 0 Å². The topological polar surface area (TPSA) is 33.3 Å². The summed E-state index contributed by atoms with van der Waals surface area (Å²) in [6, 6.07) is 23.0. The van der Waals surface area contributed by atoms with Crippen LogP contribution in [-0.4, -0.2) is 20.1 Å². The third-order valence-corrected chi connectivity index (χ3v) is 4.32. The largest absolute Gasteiger partial charge is 0.489 e. The number of rotatable bonds is 9. The number of halogens is 2. The summed E-state index contributed by atoms with van der Waals surface area (Å²) in [5.41, 5.74) is 2.42. The van der Waals surface area contributed by atoms with Gasteiger partial charge in [-0.05, 0) is 49.0 Å². The van der Waals surface area contributed by atoms with Crippen LogP contribution in [0, 0.1) is 0 Å². The number of hydrogen-bond acceptors (Lipinski definition) is 3. The summed E-state index contributed by atoms with van der Waals surface area (Å²) in [4.78, 5) is 0. The highest BCUT2D eigenvalue weighted by Crippen LogP contribution is 2.28. The molecule has 5 heteroatoms. The fourth-order valence-electron chi connectivity index (χ4n) is 2.97. The van der Waals surface area contributed by atoms with Gasteiger partial charge in [0.05, 0.1) is 0 Å². The summed E-state index contributed by atoms with van der Waals surface area (Å²) in [5.74, 6) is 0.962. The quantitative estimate of drug-likeness (QED) is 0.492. The van der Waals surface area contributed by atoms with E-state index in [-0.39, 0.29) is 24.8 Å². The fourth-order valence-corrected chi connectivity index (χ4v) is 2.97. The third kappa shape index (κ3) is 6.71. The standard InChI is InChI=1S/C22H26N2O.2ClH/c1-23-14-7-15-24-16-21-20-11-6-5-10-19(20)12-13-22(21)25-17-18-8-3-2-4-9-18;;/h2-6,8-13,23-24H,7,14-17H2,1H3;2*1H. The lowest BCUT2D eigenvalue weighted by atomic mass is 10.0. The SMILES string of the molecule is CNCCCNCc1c(OCc2ccccc2)ccc2ccccc12.Cl.Cl. The molecule has 27 heavy (non-hydrogen) atoms. The Morgan fingerprint density at radius 1 is 0.815 bits per heavy atom. The average molecular weight is 407 g/mol. The van der Waals surface area contributed by atoms with Crippen molar-refractivity contribution < 1.29 is 4.74 Å². The number of benzene rings is 3. The molecule has 0 atom stereocenters. The smallest absolute Gasteiger partial charge is 0.124 e. The zero-order chi connectivity index (χ0) is 17.3. The second-order valence-corrected chi connectivity index (χ2v) is 6.17. The predicted octanol–water partition coefficient (Wildman–Crippen LogP) is 4.96. The first-order valence-corrected chi connectivity index (χ1v) is 8.91. The van der Waals surface area contributed by atoms with Crippen LogP contribution in [0.2, 0.25) is 0 Å². The van der Waals surface area contributed by atoms with Gasteiger partial charge >= 0.3 is 0 Å². The monoisotopic (exact) mass is 406 g/mol. The molecule has 3 aromatic carbocycles. The first-order valence-electron chi connectivity index (χ1n) is 8.91. The summed E-state index contributed by atoms with van der Waals surface area (Å²) in [6.07, 6.45) is 1.11. The molecule has 0 fully saturated rings. The van der Waals surface area contributed by atoms with Gasteiger partial charge in [-0.25, -0.2) is 0 Å². The minimum absolute atomic E-state index is 0. The van der Waals surface area contributed by atoms with Gasteiger partial charge in [0.25, 0.3) is 0 Å². The van der Waals surface area contributed by atoms with Crippen molar-refractivity contribution in [1.29, 1.82) is 0 Å². The minimum atomic E-state index is 0. The molecule has 0 spiro atoms. The highest BCUT2D eigenvalue weighted by molar-refractivity contribution is 5.87. The molecule has 3 rings (SSSR count). The Morgan fingerprint density at radius 3 is 2.33 bits per heavy atom. The van der Waals surface area contributed by atoms with Crippen molar-refractivity contribution >= 4 is 35.6 Å². The molecular formula is C22H28Cl2N2O. The van der Waals surface area contributed by atoms with Gasteiger partial charge in [0, 0.05) is 12.1 Å². The Kier molecular flexibility index (Phi) is 10.8. The minimum Gasteiger partial charge on any atom is -0.489 e. The molecule has 0 unspecified atom stereocenters. The van der Waals surface area contributed by atoms with E-state index in [4.69, 9.17) is 4.74 Å². The van der Waals surface area contributed by atoms with E-state index in [9.17, 15) is 0 Å². The van der Waals surface area contributed by atoms with Crippen LogP contribution in [0.1, 0.15) is 17.5 Å². The van der Waals surface area contributed by atoms with Gasteiger partial charge in [-0.3, -0.25) is 0 Å². The van der Waals surface area contributed by atoms with Gasteiger partial charge in [0.1, 0.15) is 12.4 Å². The van der Waals surface area contributed by atoms with Crippen LogP contribution in [0.5, 0.6) is 5.75 Å². The summed E-state index contributed by atoms with van der Waals surface area (Å²) >= 11 is 0. The first kappa shape index (κ1) is 23.3. The molecule has 0 aromatic heterocycles. The molecule has 2 N–H and O–H groups in total. The Balaban J connectivity index is 0.00000182. The number of ether oxygens (including phenoxy) is 1. The zero-order valence-electron chi connectivity index (χ0n) is 15.6. The molecule has 0 heterocycles. The predicted molar refractivity (Wildman–Crippen MR) is 119 cm³/mol. The summed E-state index contributed by atoms with van der Waals surface area (Å²) in [5, 5.41) is 9.24. The van der Waals surface area contributed by atoms with Gasteiger partial charge < -0.3 is 15.4 Å². The lowest BCUT2D eigenvalue weighted by molar-refractivity contribution is 0.302. The van der Waals surface area contributed by atoms with Crippen molar-refractivity contribution in [3.8, 4) is 5.75 Å². The first-order chi connectivity index (χ1) is 12.4. The second kappa shape index (κ2) is 12.6. The molecule has 146 valence electrons. The van der Waals surface area contributed by atoms with Crippen LogP contribution in [0.3, 0.4) is 0 Å². The van der Waals surface area contributed by atoms with Gasteiger partial charge in [-0.15, -0.1) is 24.8 Å². The number of fused-ring (bicyclic) bond motifs is 1. The third-order valence-electron chi connectivity index (χ3n) is 4.32. The lowest BCUT2D eigenvalue weighted by Crippen LogP contribution is -2.20. The van der Waals surface area contributed by atoms with Crippen LogP contribution in [0.25, 0.3) is 10.8 Å². The van der Waals surface area contributed by atoms with Crippen LogP contribution in [0.15, 0.2) is 66.7 Å². The zero-order valence-corrected chi connectivity index (χ0v) is 17.2. The molecule has 0 aliphatic rings. The van der Waals surface area contributed by atoms with Gasteiger partial charge in [0.2, 0.25) is 0 Å². The second-order valence-electron chi connectivity index (χ2n) is 6.17. The van der Waals surface area contributed by atoms with Crippen LogP contribution in [-0.2, 0) is 13.2 Å². The Morgan fingerprint density at radius 2 is 1.56 bits per heavy atom. The van der Waals surface area contributed by atoms with E-state index < -0.39 is 0 Å². The maximum absolute atomic E-state index is 6.16.